The number of anilines is 1. The number of hydrogen-bond donors (Lipinski definition) is 3. The lowest BCUT2D eigenvalue weighted by atomic mass is 10.1. The highest BCUT2D eigenvalue weighted by Gasteiger charge is 2.09. The van der Waals surface area contributed by atoms with Crippen molar-refractivity contribution < 1.29 is 9.53 Å². The Morgan fingerprint density at radius 3 is 2.85 bits per heavy atom. The molecule has 110 valence electrons. The molecule has 0 fully saturated rings. The third-order valence-corrected chi connectivity index (χ3v) is 3.07. The quantitative estimate of drug-likeness (QED) is 0.501. The number of ether oxygens (including phenoxy) is 1. The van der Waals surface area contributed by atoms with Crippen LogP contribution < -0.4 is 16.4 Å². The summed E-state index contributed by atoms with van der Waals surface area (Å²) in [7, 11) is 1.59. The molecule has 0 aromatic heterocycles. The number of rotatable bonds is 8. The maximum atomic E-state index is 11.5. The van der Waals surface area contributed by atoms with Crippen molar-refractivity contribution in [3.8, 4) is 0 Å². The minimum Gasteiger partial charge on any atom is -0.389 e. The van der Waals surface area contributed by atoms with Crippen LogP contribution in [0.2, 0.25) is 5.02 Å². The number of hydrogen-bond acceptors (Lipinski definition) is 4. The number of nitrogens with one attached hydrogen (secondary N) is 2. The lowest BCUT2D eigenvalue weighted by molar-refractivity contribution is -0.121. The number of benzene rings is 1. The van der Waals surface area contributed by atoms with Gasteiger partial charge < -0.3 is 21.1 Å². The molecule has 5 nitrogen and oxygen atoms in total. The van der Waals surface area contributed by atoms with E-state index in [0.717, 1.165) is 5.69 Å². The first-order valence-corrected chi connectivity index (χ1v) is 6.92. The van der Waals surface area contributed by atoms with E-state index in [0.29, 0.717) is 36.7 Å². The van der Waals surface area contributed by atoms with Crippen molar-refractivity contribution in [2.75, 3.05) is 32.1 Å². The number of amides is 1. The van der Waals surface area contributed by atoms with Crippen LogP contribution in [0.5, 0.6) is 0 Å². The van der Waals surface area contributed by atoms with Gasteiger partial charge in [-0.15, -0.1) is 0 Å². The van der Waals surface area contributed by atoms with Crippen LogP contribution in [-0.4, -0.2) is 37.7 Å². The maximum Gasteiger partial charge on any atom is 0.221 e. The van der Waals surface area contributed by atoms with E-state index in [4.69, 9.17) is 34.3 Å². The molecule has 4 N–H and O–H groups in total. The van der Waals surface area contributed by atoms with Gasteiger partial charge in [0.1, 0.15) is 4.99 Å². The van der Waals surface area contributed by atoms with Crippen LogP contribution in [0.3, 0.4) is 0 Å². The predicted molar refractivity (Wildman–Crippen MR) is 85.3 cm³/mol. The van der Waals surface area contributed by atoms with Gasteiger partial charge in [0.15, 0.2) is 0 Å². The van der Waals surface area contributed by atoms with Crippen LogP contribution in [0.15, 0.2) is 18.2 Å². The number of methoxy groups -OCH3 is 1. The number of carbonyl (C=O) groups is 1. The Morgan fingerprint density at radius 1 is 1.45 bits per heavy atom. The second kappa shape index (κ2) is 8.73. The average Bonchev–Trinajstić information content (AvgIpc) is 2.38. The fourth-order valence-corrected chi connectivity index (χ4v) is 2.17. The van der Waals surface area contributed by atoms with E-state index in [1.54, 1.807) is 19.2 Å². The van der Waals surface area contributed by atoms with Gasteiger partial charge in [-0.2, -0.15) is 0 Å². The molecule has 0 spiro atoms. The van der Waals surface area contributed by atoms with Crippen molar-refractivity contribution in [1.82, 2.24) is 5.32 Å². The van der Waals surface area contributed by atoms with Crippen molar-refractivity contribution in [3.05, 3.63) is 28.8 Å². The van der Waals surface area contributed by atoms with Crippen LogP contribution >= 0.6 is 23.8 Å². The Bertz CT molecular complexity index is 483. The first-order chi connectivity index (χ1) is 9.56. The number of halogens is 1. The molecule has 7 heteroatoms. The lowest BCUT2D eigenvalue weighted by Crippen LogP contribution is -2.28. The summed E-state index contributed by atoms with van der Waals surface area (Å²) in [6, 6.07) is 5.34. The summed E-state index contributed by atoms with van der Waals surface area (Å²) in [5.74, 6) is -0.0477. The highest BCUT2D eigenvalue weighted by atomic mass is 35.5. The zero-order valence-corrected chi connectivity index (χ0v) is 12.8. The molecule has 0 aliphatic carbocycles. The lowest BCUT2D eigenvalue weighted by Gasteiger charge is -2.12. The third kappa shape index (κ3) is 5.32. The molecule has 0 bridgehead atoms. The summed E-state index contributed by atoms with van der Waals surface area (Å²) >= 11 is 11.0. The molecule has 0 saturated carbocycles. The van der Waals surface area contributed by atoms with Crippen molar-refractivity contribution in [1.29, 1.82) is 0 Å². The minimum absolute atomic E-state index is 0.0477. The largest absolute Gasteiger partial charge is 0.389 e. The van der Waals surface area contributed by atoms with Gasteiger partial charge in [0.2, 0.25) is 5.91 Å². The van der Waals surface area contributed by atoms with E-state index >= 15 is 0 Å². The Kier molecular flexibility index (Phi) is 7.28. The summed E-state index contributed by atoms with van der Waals surface area (Å²) in [4.78, 5) is 11.7. The molecule has 1 rings (SSSR count). The summed E-state index contributed by atoms with van der Waals surface area (Å²) in [5.41, 5.74) is 6.97. The Morgan fingerprint density at radius 2 is 2.20 bits per heavy atom. The zero-order valence-electron chi connectivity index (χ0n) is 11.2. The molecular weight excluding hydrogens is 298 g/mol. The summed E-state index contributed by atoms with van der Waals surface area (Å²) in [6.07, 6.45) is 0.340. The van der Waals surface area contributed by atoms with Crippen molar-refractivity contribution in [2.45, 2.75) is 6.42 Å². The Balaban J connectivity index is 2.48. The molecule has 0 heterocycles. The van der Waals surface area contributed by atoms with Gasteiger partial charge in [0, 0.05) is 32.3 Å². The molecule has 0 aliphatic rings. The van der Waals surface area contributed by atoms with Gasteiger partial charge in [0.05, 0.1) is 17.2 Å². The van der Waals surface area contributed by atoms with E-state index in [-0.39, 0.29) is 10.9 Å². The Labute approximate surface area is 128 Å². The van der Waals surface area contributed by atoms with Crippen LogP contribution in [-0.2, 0) is 9.53 Å². The molecule has 1 aromatic rings. The molecule has 1 aromatic carbocycles. The summed E-state index contributed by atoms with van der Waals surface area (Å²) < 4.78 is 4.85. The normalized spacial score (nSPS) is 10.1. The standard InChI is InChI=1S/C13H18ClN3O2S/c1-19-8-7-17-11(18)5-6-16-10-4-2-3-9(14)12(10)13(15)20/h2-4,16H,5-8H2,1H3,(H2,15,20)(H,17,18). The topological polar surface area (TPSA) is 76.4 Å². The fraction of sp³-hybridized carbons (Fsp3) is 0.385. The van der Waals surface area contributed by atoms with Gasteiger partial charge in [-0.3, -0.25) is 4.79 Å². The van der Waals surface area contributed by atoms with Crippen molar-refractivity contribution in [2.24, 2.45) is 5.73 Å². The first kappa shape index (κ1) is 16.7. The molecule has 0 atom stereocenters. The van der Waals surface area contributed by atoms with E-state index in [1.165, 1.54) is 0 Å². The van der Waals surface area contributed by atoms with Gasteiger partial charge >= 0.3 is 0 Å². The number of thiocarbonyl (C=S) groups is 1. The van der Waals surface area contributed by atoms with E-state index in [1.807, 2.05) is 6.07 Å². The molecule has 0 unspecified atom stereocenters. The smallest absolute Gasteiger partial charge is 0.221 e. The molecule has 0 radical (unpaired) electrons. The van der Waals surface area contributed by atoms with Gasteiger partial charge in [-0.25, -0.2) is 0 Å². The third-order valence-electron chi connectivity index (χ3n) is 2.56. The van der Waals surface area contributed by atoms with Crippen LogP contribution in [0.1, 0.15) is 12.0 Å². The first-order valence-electron chi connectivity index (χ1n) is 6.14. The molecule has 20 heavy (non-hydrogen) atoms. The van der Waals surface area contributed by atoms with Gasteiger partial charge in [-0.05, 0) is 12.1 Å². The van der Waals surface area contributed by atoms with E-state index in [2.05, 4.69) is 10.6 Å². The SMILES string of the molecule is COCCNC(=O)CCNc1cccc(Cl)c1C(N)=S. The highest BCUT2D eigenvalue weighted by molar-refractivity contribution is 7.80. The maximum absolute atomic E-state index is 11.5. The predicted octanol–water partition coefficient (Wildman–Crippen LogP) is 1.54. The second-order valence-corrected chi connectivity index (χ2v) is 4.89. The highest BCUT2D eigenvalue weighted by Crippen LogP contribution is 2.24. The minimum atomic E-state index is -0.0477. The molecule has 0 saturated heterocycles. The van der Waals surface area contributed by atoms with Crippen molar-refractivity contribution >= 4 is 40.4 Å². The van der Waals surface area contributed by atoms with Gasteiger partial charge in [-0.1, -0.05) is 29.9 Å². The number of carbonyl (C=O) groups excluding carboxylic acids is 1. The van der Waals surface area contributed by atoms with Gasteiger partial charge in [0.25, 0.3) is 0 Å². The fourth-order valence-electron chi connectivity index (χ4n) is 1.61. The Hall–Kier alpha value is -1.37. The van der Waals surface area contributed by atoms with E-state index < -0.39 is 0 Å². The summed E-state index contributed by atoms with van der Waals surface area (Å²) in [5, 5.41) is 6.34. The van der Waals surface area contributed by atoms with E-state index in [9.17, 15) is 4.79 Å². The molecule has 1 amide bonds. The molecular formula is C13H18ClN3O2S. The second-order valence-electron chi connectivity index (χ2n) is 4.05. The van der Waals surface area contributed by atoms with Crippen LogP contribution in [0, 0.1) is 0 Å². The van der Waals surface area contributed by atoms with Crippen molar-refractivity contribution in [3.63, 3.8) is 0 Å². The molecule has 0 aliphatic heterocycles. The zero-order chi connectivity index (χ0) is 15.0. The van der Waals surface area contributed by atoms with Crippen LogP contribution in [0.4, 0.5) is 5.69 Å². The number of nitrogens with two attached hydrogens (primary N) is 1. The summed E-state index contributed by atoms with van der Waals surface area (Å²) in [6.45, 7) is 1.47. The van der Waals surface area contributed by atoms with Crippen LogP contribution in [0.25, 0.3) is 0 Å². The monoisotopic (exact) mass is 315 g/mol. The average molecular weight is 316 g/mol.